The molecule has 21 heavy (non-hydrogen) atoms. The lowest BCUT2D eigenvalue weighted by Crippen LogP contribution is -2.44. The summed E-state index contributed by atoms with van der Waals surface area (Å²) in [5.74, 6) is 0. The van der Waals surface area contributed by atoms with Gasteiger partial charge in [-0.1, -0.05) is 24.3 Å². The minimum absolute atomic E-state index is 0.0673. The fraction of sp³-hybridized carbons (Fsp3) is 0.600. The fourth-order valence-electron chi connectivity index (χ4n) is 3.02. The molecule has 0 aromatic heterocycles. The van der Waals surface area contributed by atoms with Crippen LogP contribution in [0.4, 0.5) is 0 Å². The molecule has 0 N–H and O–H groups in total. The van der Waals surface area contributed by atoms with Crippen molar-refractivity contribution >= 4 is 10.2 Å². The first-order chi connectivity index (χ1) is 10.1. The monoisotopic (exact) mass is 310 g/mol. The van der Waals surface area contributed by atoms with Gasteiger partial charge in [-0.25, -0.2) is 0 Å². The molecule has 2 aliphatic heterocycles. The van der Waals surface area contributed by atoms with Gasteiger partial charge in [0.05, 0.1) is 12.7 Å². The van der Waals surface area contributed by atoms with Crippen LogP contribution >= 0.6 is 0 Å². The first-order valence-electron chi connectivity index (χ1n) is 7.47. The van der Waals surface area contributed by atoms with E-state index in [9.17, 15) is 8.42 Å². The van der Waals surface area contributed by atoms with Crippen LogP contribution in [-0.4, -0.2) is 49.8 Å². The number of benzene rings is 1. The first kappa shape index (κ1) is 15.0. The summed E-state index contributed by atoms with van der Waals surface area (Å²) in [5.41, 5.74) is 2.47. The van der Waals surface area contributed by atoms with Crippen LogP contribution in [0, 0.1) is 0 Å². The summed E-state index contributed by atoms with van der Waals surface area (Å²) in [6, 6.07) is 8.19. The molecule has 3 rings (SSSR count). The van der Waals surface area contributed by atoms with Gasteiger partial charge in [0.25, 0.3) is 10.2 Å². The lowest BCUT2D eigenvalue weighted by molar-refractivity contribution is 0.0196. The van der Waals surface area contributed by atoms with E-state index in [-0.39, 0.29) is 6.10 Å². The molecule has 0 spiro atoms. The number of nitrogens with zero attached hydrogens (tertiary/aromatic N) is 2. The highest BCUT2D eigenvalue weighted by atomic mass is 32.2. The third-order valence-corrected chi connectivity index (χ3v) is 6.24. The highest BCUT2D eigenvalue weighted by Gasteiger charge is 2.31. The van der Waals surface area contributed by atoms with Crippen LogP contribution in [0.1, 0.15) is 24.0 Å². The number of hydrogen-bond donors (Lipinski definition) is 0. The van der Waals surface area contributed by atoms with Gasteiger partial charge in [0.2, 0.25) is 0 Å². The normalized spacial score (nSPS) is 23.4. The maximum Gasteiger partial charge on any atom is 0.281 e. The largest absolute Gasteiger partial charge is 0.372 e. The van der Waals surface area contributed by atoms with Crippen LogP contribution in [-0.2, 0) is 28.0 Å². The molecule has 2 heterocycles. The SMILES string of the molecule is CN(CC1Cc2ccccc2CO1)S(=O)(=O)N1CCCC1. The summed E-state index contributed by atoms with van der Waals surface area (Å²) < 4.78 is 33.7. The van der Waals surface area contributed by atoms with Gasteiger partial charge in [0.1, 0.15) is 0 Å². The van der Waals surface area contributed by atoms with E-state index >= 15 is 0 Å². The fourth-order valence-corrected chi connectivity index (χ4v) is 4.49. The molecule has 0 saturated carbocycles. The van der Waals surface area contributed by atoms with Gasteiger partial charge >= 0.3 is 0 Å². The van der Waals surface area contributed by atoms with E-state index in [0.29, 0.717) is 26.2 Å². The van der Waals surface area contributed by atoms with E-state index in [0.717, 1.165) is 19.3 Å². The molecule has 116 valence electrons. The number of rotatable bonds is 4. The van der Waals surface area contributed by atoms with Gasteiger partial charge < -0.3 is 4.74 Å². The summed E-state index contributed by atoms with van der Waals surface area (Å²) in [6.07, 6.45) is 2.62. The van der Waals surface area contributed by atoms with Crippen molar-refractivity contribution in [2.75, 3.05) is 26.7 Å². The molecule has 1 aromatic rings. The molecular formula is C15H22N2O3S. The molecule has 1 fully saturated rings. The molecule has 6 heteroatoms. The van der Waals surface area contributed by atoms with Gasteiger partial charge in [-0.2, -0.15) is 17.0 Å². The van der Waals surface area contributed by atoms with E-state index in [2.05, 4.69) is 12.1 Å². The van der Waals surface area contributed by atoms with Gasteiger partial charge in [0, 0.05) is 33.1 Å². The Kier molecular flexibility index (Phi) is 4.31. The molecule has 1 unspecified atom stereocenters. The Labute approximate surface area is 126 Å². The second-order valence-electron chi connectivity index (χ2n) is 5.80. The van der Waals surface area contributed by atoms with E-state index < -0.39 is 10.2 Å². The number of ether oxygens (including phenoxy) is 1. The standard InChI is InChI=1S/C15H22N2O3S/c1-16(21(18,19)17-8-4-5-9-17)11-15-10-13-6-2-3-7-14(13)12-20-15/h2-3,6-7,15H,4-5,8-12H2,1H3. The van der Waals surface area contributed by atoms with Gasteiger partial charge in [0.15, 0.2) is 0 Å². The summed E-state index contributed by atoms with van der Waals surface area (Å²) in [6.45, 7) is 2.26. The Bertz CT molecular complexity index is 597. The molecule has 0 amide bonds. The van der Waals surface area contributed by atoms with Crippen LogP contribution in [0.25, 0.3) is 0 Å². The Morgan fingerprint density at radius 1 is 1.24 bits per heavy atom. The average molecular weight is 310 g/mol. The Morgan fingerprint density at radius 3 is 2.62 bits per heavy atom. The number of likely N-dealkylation sites (N-methyl/N-ethyl adjacent to an activating group) is 1. The van der Waals surface area contributed by atoms with Gasteiger partial charge in [-0.05, 0) is 24.0 Å². The zero-order valence-corrected chi connectivity index (χ0v) is 13.2. The van der Waals surface area contributed by atoms with Crippen molar-refractivity contribution in [1.82, 2.24) is 8.61 Å². The Morgan fingerprint density at radius 2 is 1.90 bits per heavy atom. The van der Waals surface area contributed by atoms with Gasteiger partial charge in [-0.15, -0.1) is 0 Å². The topological polar surface area (TPSA) is 49.9 Å². The number of hydrogen-bond acceptors (Lipinski definition) is 3. The van der Waals surface area contributed by atoms with Crippen LogP contribution < -0.4 is 0 Å². The van der Waals surface area contributed by atoms with Crippen molar-refractivity contribution in [3.8, 4) is 0 Å². The lowest BCUT2D eigenvalue weighted by Gasteiger charge is -2.30. The lowest BCUT2D eigenvalue weighted by atomic mass is 9.99. The van der Waals surface area contributed by atoms with Crippen molar-refractivity contribution in [2.24, 2.45) is 0 Å². The minimum Gasteiger partial charge on any atom is -0.372 e. The molecule has 0 aliphatic carbocycles. The van der Waals surface area contributed by atoms with Gasteiger partial charge in [-0.3, -0.25) is 0 Å². The van der Waals surface area contributed by atoms with Crippen molar-refractivity contribution in [3.63, 3.8) is 0 Å². The van der Waals surface area contributed by atoms with E-state index in [1.54, 1.807) is 11.4 Å². The number of fused-ring (bicyclic) bond motifs is 1. The smallest absolute Gasteiger partial charge is 0.281 e. The summed E-state index contributed by atoms with van der Waals surface area (Å²) in [7, 11) is -1.68. The molecule has 0 bridgehead atoms. The van der Waals surface area contributed by atoms with Crippen LogP contribution in [0.15, 0.2) is 24.3 Å². The third-order valence-electron chi connectivity index (χ3n) is 4.29. The zero-order chi connectivity index (χ0) is 14.9. The molecule has 0 radical (unpaired) electrons. The predicted molar refractivity (Wildman–Crippen MR) is 81.1 cm³/mol. The first-order valence-corrected chi connectivity index (χ1v) is 8.87. The quantitative estimate of drug-likeness (QED) is 0.845. The van der Waals surface area contributed by atoms with Crippen LogP contribution in [0.3, 0.4) is 0 Å². The van der Waals surface area contributed by atoms with Crippen molar-refractivity contribution < 1.29 is 13.2 Å². The van der Waals surface area contributed by atoms with Crippen molar-refractivity contribution in [3.05, 3.63) is 35.4 Å². The highest BCUT2D eigenvalue weighted by Crippen LogP contribution is 2.22. The summed E-state index contributed by atoms with van der Waals surface area (Å²) >= 11 is 0. The van der Waals surface area contributed by atoms with Crippen LogP contribution in [0.2, 0.25) is 0 Å². The minimum atomic E-state index is -3.33. The van der Waals surface area contributed by atoms with Crippen molar-refractivity contribution in [1.29, 1.82) is 0 Å². The van der Waals surface area contributed by atoms with Crippen LogP contribution in [0.5, 0.6) is 0 Å². The summed E-state index contributed by atoms with van der Waals surface area (Å²) in [4.78, 5) is 0. The third kappa shape index (κ3) is 3.13. The van der Waals surface area contributed by atoms with E-state index in [4.69, 9.17) is 4.74 Å². The zero-order valence-electron chi connectivity index (χ0n) is 12.4. The molecule has 5 nitrogen and oxygen atoms in total. The maximum absolute atomic E-state index is 12.4. The average Bonchev–Trinajstić information content (AvgIpc) is 3.02. The molecular weight excluding hydrogens is 288 g/mol. The molecule has 2 aliphatic rings. The molecule has 1 saturated heterocycles. The maximum atomic E-state index is 12.4. The highest BCUT2D eigenvalue weighted by molar-refractivity contribution is 7.86. The van der Waals surface area contributed by atoms with E-state index in [1.165, 1.54) is 15.4 Å². The van der Waals surface area contributed by atoms with E-state index in [1.807, 2.05) is 12.1 Å². The second-order valence-corrected chi connectivity index (χ2v) is 7.84. The second kappa shape index (κ2) is 6.04. The Balaban J connectivity index is 1.64. The predicted octanol–water partition coefficient (Wildman–Crippen LogP) is 1.40. The Hall–Kier alpha value is -0.950. The van der Waals surface area contributed by atoms with Crippen molar-refractivity contribution in [2.45, 2.75) is 32.0 Å². The molecule has 1 atom stereocenters. The summed E-state index contributed by atoms with van der Waals surface area (Å²) in [5, 5.41) is 0. The molecule has 1 aromatic carbocycles.